The first kappa shape index (κ1) is 14.6. The Hall–Kier alpha value is -2.69. The standard InChI is InChI=1S/C20H19NO4/c1-11-6-12(11)9-21-15-5-3-2-4-13(15)20(19(21)24)10-25-18-8-17(23)16(22)7-14(18)20/h2-5,7-8,11-12,22-23H,6,9-10H2,1H3. The van der Waals surface area contributed by atoms with E-state index in [0.29, 0.717) is 23.1 Å². The molecule has 1 amide bonds. The van der Waals surface area contributed by atoms with E-state index in [1.54, 1.807) is 0 Å². The summed E-state index contributed by atoms with van der Waals surface area (Å²) in [6.07, 6.45) is 1.15. The Morgan fingerprint density at radius 2 is 1.92 bits per heavy atom. The van der Waals surface area contributed by atoms with Crippen LogP contribution < -0.4 is 9.64 Å². The Labute approximate surface area is 145 Å². The summed E-state index contributed by atoms with van der Waals surface area (Å²) in [6.45, 7) is 3.12. The van der Waals surface area contributed by atoms with Crippen LogP contribution in [0.4, 0.5) is 5.69 Å². The predicted octanol–water partition coefficient (Wildman–Crippen LogP) is 2.78. The number of rotatable bonds is 2. The number of carbonyl (C=O) groups is 1. The van der Waals surface area contributed by atoms with Crippen LogP contribution in [0.2, 0.25) is 0 Å². The molecule has 1 fully saturated rings. The lowest BCUT2D eigenvalue weighted by molar-refractivity contribution is -0.122. The van der Waals surface area contributed by atoms with Crippen molar-refractivity contribution in [3.8, 4) is 17.2 Å². The molecule has 3 aliphatic rings. The van der Waals surface area contributed by atoms with E-state index >= 15 is 0 Å². The molecule has 1 saturated carbocycles. The lowest BCUT2D eigenvalue weighted by Gasteiger charge is -2.23. The van der Waals surface area contributed by atoms with Gasteiger partial charge < -0.3 is 19.8 Å². The number of aromatic hydroxyl groups is 2. The van der Waals surface area contributed by atoms with Crippen LogP contribution in [0.1, 0.15) is 24.5 Å². The van der Waals surface area contributed by atoms with Gasteiger partial charge in [-0.2, -0.15) is 0 Å². The van der Waals surface area contributed by atoms with Gasteiger partial charge in [-0.25, -0.2) is 0 Å². The number of ether oxygens (including phenoxy) is 1. The Balaban J connectivity index is 1.68. The van der Waals surface area contributed by atoms with E-state index in [9.17, 15) is 15.0 Å². The predicted molar refractivity (Wildman–Crippen MR) is 92.1 cm³/mol. The maximum Gasteiger partial charge on any atom is 0.245 e. The molecule has 2 aromatic carbocycles. The zero-order valence-electron chi connectivity index (χ0n) is 13.9. The van der Waals surface area contributed by atoms with Gasteiger partial charge in [-0.1, -0.05) is 25.1 Å². The van der Waals surface area contributed by atoms with Crippen LogP contribution >= 0.6 is 0 Å². The average molecular weight is 337 g/mol. The van der Waals surface area contributed by atoms with Gasteiger partial charge in [-0.05, 0) is 36.0 Å². The van der Waals surface area contributed by atoms with Crippen molar-refractivity contribution in [3.63, 3.8) is 0 Å². The number of para-hydroxylation sites is 1. The highest BCUT2D eigenvalue weighted by molar-refractivity contribution is 6.11. The van der Waals surface area contributed by atoms with Gasteiger partial charge >= 0.3 is 0 Å². The summed E-state index contributed by atoms with van der Waals surface area (Å²) in [7, 11) is 0. The van der Waals surface area contributed by atoms with Crippen LogP contribution in [0.3, 0.4) is 0 Å². The molecule has 1 aliphatic carbocycles. The number of benzene rings is 2. The Morgan fingerprint density at radius 1 is 1.20 bits per heavy atom. The molecule has 25 heavy (non-hydrogen) atoms. The molecule has 0 aromatic heterocycles. The number of hydrogen-bond donors (Lipinski definition) is 2. The second-order valence-corrected chi connectivity index (χ2v) is 7.44. The summed E-state index contributed by atoms with van der Waals surface area (Å²) < 4.78 is 5.77. The molecule has 2 aliphatic heterocycles. The van der Waals surface area contributed by atoms with Crippen LogP contribution in [0.15, 0.2) is 36.4 Å². The average Bonchev–Trinajstić information content (AvgIpc) is 3.10. The number of hydrogen-bond acceptors (Lipinski definition) is 4. The second kappa shape index (κ2) is 4.69. The second-order valence-electron chi connectivity index (χ2n) is 7.44. The van der Waals surface area contributed by atoms with Crippen molar-refractivity contribution in [2.75, 3.05) is 18.1 Å². The largest absolute Gasteiger partial charge is 0.504 e. The molecule has 1 spiro atoms. The fourth-order valence-electron chi connectivity index (χ4n) is 4.27. The molecule has 5 heteroatoms. The van der Waals surface area contributed by atoms with Crippen molar-refractivity contribution in [3.05, 3.63) is 47.5 Å². The topological polar surface area (TPSA) is 70.0 Å². The number of carbonyl (C=O) groups excluding carboxylic acids is 1. The Morgan fingerprint density at radius 3 is 2.68 bits per heavy atom. The molecule has 0 saturated heterocycles. The maximum absolute atomic E-state index is 13.5. The van der Waals surface area contributed by atoms with E-state index in [1.807, 2.05) is 29.2 Å². The number of nitrogens with zero attached hydrogens (tertiary/aromatic N) is 1. The highest BCUT2D eigenvalue weighted by atomic mass is 16.5. The summed E-state index contributed by atoms with van der Waals surface area (Å²) in [5.41, 5.74) is 1.54. The van der Waals surface area contributed by atoms with Crippen molar-refractivity contribution < 1.29 is 19.7 Å². The fraction of sp³-hybridized carbons (Fsp3) is 0.350. The van der Waals surface area contributed by atoms with Gasteiger partial charge in [-0.3, -0.25) is 4.79 Å². The van der Waals surface area contributed by atoms with Crippen LogP contribution in [-0.4, -0.2) is 29.3 Å². The van der Waals surface area contributed by atoms with Gasteiger partial charge in [0.25, 0.3) is 0 Å². The molecule has 2 N–H and O–H groups in total. The van der Waals surface area contributed by atoms with Crippen LogP contribution in [-0.2, 0) is 10.2 Å². The molecule has 2 heterocycles. The Bertz CT molecular complexity index is 909. The lowest BCUT2D eigenvalue weighted by Crippen LogP contribution is -2.43. The molecular weight excluding hydrogens is 318 g/mol. The first-order valence-electron chi connectivity index (χ1n) is 8.63. The monoisotopic (exact) mass is 337 g/mol. The number of amides is 1. The van der Waals surface area contributed by atoms with E-state index in [2.05, 4.69) is 6.92 Å². The minimum Gasteiger partial charge on any atom is -0.504 e. The van der Waals surface area contributed by atoms with E-state index < -0.39 is 5.41 Å². The number of phenolic OH excluding ortho intramolecular Hbond substituents is 2. The van der Waals surface area contributed by atoms with Gasteiger partial charge in [0.05, 0.1) is 0 Å². The third kappa shape index (κ3) is 1.81. The molecule has 5 rings (SSSR count). The van der Waals surface area contributed by atoms with E-state index in [0.717, 1.165) is 24.2 Å². The van der Waals surface area contributed by atoms with Gasteiger partial charge in [0, 0.05) is 23.9 Å². The minimum atomic E-state index is -0.935. The zero-order chi connectivity index (χ0) is 17.3. The molecule has 0 bridgehead atoms. The van der Waals surface area contributed by atoms with E-state index in [1.165, 1.54) is 12.1 Å². The zero-order valence-corrected chi connectivity index (χ0v) is 13.9. The SMILES string of the molecule is CC1CC1CN1C(=O)C2(COc3cc(O)c(O)cc32)c2ccccc21. The maximum atomic E-state index is 13.5. The fourth-order valence-corrected chi connectivity index (χ4v) is 4.27. The van der Waals surface area contributed by atoms with Gasteiger partial charge in [0.15, 0.2) is 11.5 Å². The molecule has 0 radical (unpaired) electrons. The summed E-state index contributed by atoms with van der Waals surface area (Å²) in [6, 6.07) is 10.7. The molecule has 128 valence electrons. The smallest absolute Gasteiger partial charge is 0.245 e. The lowest BCUT2D eigenvalue weighted by atomic mass is 9.77. The summed E-state index contributed by atoms with van der Waals surface area (Å²) in [5.74, 6) is 1.19. The van der Waals surface area contributed by atoms with Crippen molar-refractivity contribution in [2.45, 2.75) is 18.8 Å². The van der Waals surface area contributed by atoms with Gasteiger partial charge in [-0.15, -0.1) is 0 Å². The van der Waals surface area contributed by atoms with E-state index in [-0.39, 0.29) is 24.0 Å². The minimum absolute atomic E-state index is 0.00311. The molecule has 5 nitrogen and oxygen atoms in total. The van der Waals surface area contributed by atoms with Crippen molar-refractivity contribution in [1.29, 1.82) is 0 Å². The van der Waals surface area contributed by atoms with Gasteiger partial charge in [0.1, 0.15) is 17.8 Å². The van der Waals surface area contributed by atoms with Crippen molar-refractivity contribution in [1.82, 2.24) is 0 Å². The van der Waals surface area contributed by atoms with Crippen molar-refractivity contribution in [2.24, 2.45) is 11.8 Å². The van der Waals surface area contributed by atoms with Crippen molar-refractivity contribution >= 4 is 11.6 Å². The third-order valence-corrected chi connectivity index (χ3v) is 5.94. The first-order chi connectivity index (χ1) is 12.0. The summed E-state index contributed by atoms with van der Waals surface area (Å²) in [5, 5.41) is 19.7. The number of fused-ring (bicyclic) bond motifs is 4. The normalized spacial score (nSPS) is 28.8. The Kier molecular flexibility index (Phi) is 2.74. The summed E-state index contributed by atoms with van der Waals surface area (Å²) in [4.78, 5) is 15.4. The number of anilines is 1. The number of phenols is 2. The highest BCUT2D eigenvalue weighted by Gasteiger charge is 2.57. The first-order valence-corrected chi connectivity index (χ1v) is 8.63. The summed E-state index contributed by atoms with van der Waals surface area (Å²) >= 11 is 0. The highest BCUT2D eigenvalue weighted by Crippen LogP contribution is 2.55. The molecule has 2 aromatic rings. The van der Waals surface area contributed by atoms with Crippen LogP contribution in [0, 0.1) is 11.8 Å². The van der Waals surface area contributed by atoms with Crippen LogP contribution in [0.25, 0.3) is 0 Å². The molecule has 3 unspecified atom stereocenters. The van der Waals surface area contributed by atoms with Gasteiger partial charge in [0.2, 0.25) is 5.91 Å². The molecule has 3 atom stereocenters. The quantitative estimate of drug-likeness (QED) is 0.827. The van der Waals surface area contributed by atoms with E-state index in [4.69, 9.17) is 4.74 Å². The van der Waals surface area contributed by atoms with Crippen LogP contribution in [0.5, 0.6) is 17.2 Å². The molecular formula is C20H19NO4. The third-order valence-electron chi connectivity index (χ3n) is 5.94.